The molecule has 2 N–H and O–H groups in total. The highest BCUT2D eigenvalue weighted by Gasteiger charge is 2.37. The van der Waals surface area contributed by atoms with Crippen molar-refractivity contribution in [1.82, 2.24) is 10.6 Å². The van der Waals surface area contributed by atoms with Crippen LogP contribution in [0.2, 0.25) is 0 Å². The minimum absolute atomic E-state index is 0.478. The summed E-state index contributed by atoms with van der Waals surface area (Å²) in [5.41, 5.74) is 0.478. The Morgan fingerprint density at radius 2 is 1.95 bits per heavy atom. The lowest BCUT2D eigenvalue weighted by Gasteiger charge is -2.42. The Bertz CT molecular complexity index is 311. The highest BCUT2D eigenvalue weighted by molar-refractivity contribution is 5.79. The minimum atomic E-state index is 0.478. The summed E-state index contributed by atoms with van der Waals surface area (Å²) in [6, 6.07) is 0. The van der Waals surface area contributed by atoms with Gasteiger partial charge in [0.15, 0.2) is 5.96 Å². The molecule has 0 radical (unpaired) electrons. The van der Waals surface area contributed by atoms with E-state index in [1.165, 1.54) is 25.7 Å². The molecule has 1 fully saturated rings. The largest absolute Gasteiger partial charge is 0.382 e. The maximum Gasteiger partial charge on any atom is 0.191 e. The van der Waals surface area contributed by atoms with Crippen molar-refractivity contribution in [3.05, 3.63) is 0 Å². The second kappa shape index (κ2) is 10.9. The van der Waals surface area contributed by atoms with Crippen LogP contribution in [-0.4, -0.2) is 38.8 Å². The maximum atomic E-state index is 5.37. The first-order valence-electron chi connectivity index (χ1n) is 9.22. The van der Waals surface area contributed by atoms with Gasteiger partial charge < -0.3 is 15.4 Å². The molecule has 0 aromatic rings. The Morgan fingerprint density at radius 1 is 1.18 bits per heavy atom. The zero-order valence-corrected chi connectivity index (χ0v) is 15.2. The molecule has 1 saturated carbocycles. The van der Waals surface area contributed by atoms with Gasteiger partial charge in [0.1, 0.15) is 0 Å². The van der Waals surface area contributed by atoms with Gasteiger partial charge in [-0.25, -0.2) is 0 Å². The van der Waals surface area contributed by atoms with Gasteiger partial charge >= 0.3 is 0 Å². The molecule has 0 aromatic heterocycles. The molecule has 130 valence electrons. The Morgan fingerprint density at radius 3 is 2.50 bits per heavy atom. The van der Waals surface area contributed by atoms with Crippen molar-refractivity contribution in [2.24, 2.45) is 16.3 Å². The normalized spacial score (nSPS) is 17.4. The van der Waals surface area contributed by atoms with E-state index in [0.717, 1.165) is 57.6 Å². The maximum absolute atomic E-state index is 5.37. The summed E-state index contributed by atoms with van der Waals surface area (Å²) in [5, 5.41) is 6.82. The van der Waals surface area contributed by atoms with E-state index < -0.39 is 0 Å². The molecule has 1 aliphatic carbocycles. The van der Waals surface area contributed by atoms with Crippen molar-refractivity contribution in [1.29, 1.82) is 0 Å². The number of guanidine groups is 1. The molecule has 0 saturated heterocycles. The molecular formula is C18H37N3O. The van der Waals surface area contributed by atoms with Gasteiger partial charge in [0.05, 0.1) is 0 Å². The number of rotatable bonds is 11. The summed E-state index contributed by atoms with van der Waals surface area (Å²) in [6.45, 7) is 13.4. The zero-order valence-electron chi connectivity index (χ0n) is 15.2. The van der Waals surface area contributed by atoms with Crippen LogP contribution in [0.5, 0.6) is 0 Å². The van der Waals surface area contributed by atoms with Crippen LogP contribution in [0.4, 0.5) is 0 Å². The molecular weight excluding hydrogens is 274 g/mol. The van der Waals surface area contributed by atoms with E-state index in [-0.39, 0.29) is 0 Å². The summed E-state index contributed by atoms with van der Waals surface area (Å²) in [5.74, 6) is 1.75. The number of ether oxygens (including phenoxy) is 1. The number of nitrogens with zero attached hydrogens (tertiary/aromatic N) is 1. The van der Waals surface area contributed by atoms with Crippen LogP contribution >= 0.6 is 0 Å². The summed E-state index contributed by atoms with van der Waals surface area (Å²) in [7, 11) is 0. The molecule has 0 spiro atoms. The summed E-state index contributed by atoms with van der Waals surface area (Å²) in [4.78, 5) is 4.86. The second-order valence-corrected chi connectivity index (χ2v) is 6.98. The third kappa shape index (κ3) is 7.48. The van der Waals surface area contributed by atoms with Crippen LogP contribution in [0.15, 0.2) is 4.99 Å². The summed E-state index contributed by atoms with van der Waals surface area (Å²) >= 11 is 0. The number of unbranched alkanes of at least 4 members (excludes halogenated alkanes) is 1. The fraction of sp³-hybridized carbons (Fsp3) is 0.944. The Hall–Kier alpha value is -0.770. The van der Waals surface area contributed by atoms with Crippen molar-refractivity contribution in [3.8, 4) is 0 Å². The van der Waals surface area contributed by atoms with E-state index in [1.54, 1.807) is 0 Å². The number of nitrogens with one attached hydrogen (secondary N) is 2. The fourth-order valence-electron chi connectivity index (χ4n) is 3.24. The molecule has 0 aromatic carbocycles. The zero-order chi connectivity index (χ0) is 16.3. The minimum Gasteiger partial charge on any atom is -0.382 e. The highest BCUT2D eigenvalue weighted by atomic mass is 16.5. The number of hydrogen-bond donors (Lipinski definition) is 2. The van der Waals surface area contributed by atoms with E-state index in [4.69, 9.17) is 9.73 Å². The topological polar surface area (TPSA) is 45.7 Å². The lowest BCUT2D eigenvalue weighted by Crippen LogP contribution is -2.40. The molecule has 0 unspecified atom stereocenters. The van der Waals surface area contributed by atoms with E-state index in [1.807, 2.05) is 6.92 Å². The van der Waals surface area contributed by atoms with Crippen LogP contribution in [0.3, 0.4) is 0 Å². The monoisotopic (exact) mass is 311 g/mol. The van der Waals surface area contributed by atoms with Crippen LogP contribution in [0.25, 0.3) is 0 Å². The van der Waals surface area contributed by atoms with Crippen LogP contribution in [0.1, 0.15) is 66.2 Å². The summed E-state index contributed by atoms with van der Waals surface area (Å²) < 4.78 is 5.37. The average molecular weight is 312 g/mol. The predicted octanol–water partition coefficient (Wildman–Crippen LogP) is 3.57. The Labute approximate surface area is 137 Å². The van der Waals surface area contributed by atoms with Crippen LogP contribution in [-0.2, 0) is 4.74 Å². The highest BCUT2D eigenvalue weighted by Crippen LogP contribution is 2.46. The van der Waals surface area contributed by atoms with Gasteiger partial charge in [-0.1, -0.05) is 20.3 Å². The van der Waals surface area contributed by atoms with E-state index in [2.05, 4.69) is 31.4 Å². The van der Waals surface area contributed by atoms with Crippen molar-refractivity contribution in [3.63, 3.8) is 0 Å². The van der Waals surface area contributed by atoms with E-state index >= 15 is 0 Å². The van der Waals surface area contributed by atoms with Crippen molar-refractivity contribution >= 4 is 5.96 Å². The molecule has 0 amide bonds. The summed E-state index contributed by atoms with van der Waals surface area (Å²) in [6.07, 6.45) is 7.62. The van der Waals surface area contributed by atoms with Crippen molar-refractivity contribution in [2.75, 3.05) is 32.8 Å². The fourth-order valence-corrected chi connectivity index (χ4v) is 3.24. The van der Waals surface area contributed by atoms with Gasteiger partial charge in [-0.3, -0.25) is 4.99 Å². The molecule has 22 heavy (non-hydrogen) atoms. The first-order chi connectivity index (χ1) is 10.6. The molecule has 4 nitrogen and oxygen atoms in total. The van der Waals surface area contributed by atoms with Crippen molar-refractivity contribution in [2.45, 2.75) is 66.2 Å². The average Bonchev–Trinajstić information content (AvgIpc) is 2.44. The van der Waals surface area contributed by atoms with Crippen LogP contribution < -0.4 is 10.6 Å². The third-order valence-corrected chi connectivity index (χ3v) is 4.38. The smallest absolute Gasteiger partial charge is 0.191 e. The van der Waals surface area contributed by atoms with Gasteiger partial charge in [0.25, 0.3) is 0 Å². The molecule has 0 atom stereocenters. The predicted molar refractivity (Wildman–Crippen MR) is 95.4 cm³/mol. The van der Waals surface area contributed by atoms with Crippen molar-refractivity contribution < 1.29 is 4.74 Å². The molecule has 0 aliphatic heterocycles. The Kier molecular flexibility index (Phi) is 9.53. The van der Waals surface area contributed by atoms with Gasteiger partial charge in [0.2, 0.25) is 0 Å². The number of aliphatic imine (C=N–C) groups is 1. The van der Waals surface area contributed by atoms with Gasteiger partial charge in [-0.2, -0.15) is 0 Å². The third-order valence-electron chi connectivity index (χ3n) is 4.38. The standard InChI is InChI=1S/C18H37N3O/c1-5-19-17(20-12-7-8-13-22-6-2)21-15-18(10-9-11-18)14-16(3)4/h16H,5-15H2,1-4H3,(H2,19,20,21). The van der Waals surface area contributed by atoms with Gasteiger partial charge in [-0.15, -0.1) is 0 Å². The molecule has 4 heteroatoms. The molecule has 1 aliphatic rings. The number of hydrogen-bond acceptors (Lipinski definition) is 2. The Balaban J connectivity index is 2.34. The lowest BCUT2D eigenvalue weighted by molar-refractivity contribution is 0.111. The van der Waals surface area contributed by atoms with Gasteiger partial charge in [0, 0.05) is 32.8 Å². The quantitative estimate of drug-likeness (QED) is 0.348. The van der Waals surface area contributed by atoms with Crippen LogP contribution in [0, 0.1) is 11.3 Å². The first-order valence-corrected chi connectivity index (χ1v) is 9.22. The van der Waals surface area contributed by atoms with E-state index in [9.17, 15) is 0 Å². The molecule has 0 bridgehead atoms. The second-order valence-electron chi connectivity index (χ2n) is 6.98. The molecule has 1 rings (SSSR count). The SMILES string of the molecule is CCNC(=NCC1(CC(C)C)CCC1)NCCCCOCC. The first kappa shape index (κ1) is 19.3. The molecule has 0 heterocycles. The van der Waals surface area contributed by atoms with Gasteiger partial charge in [-0.05, 0) is 57.3 Å². The van der Waals surface area contributed by atoms with E-state index in [0.29, 0.717) is 5.41 Å². The lowest BCUT2D eigenvalue weighted by atomic mass is 9.64.